The molecule has 2 aromatic carbocycles. The Morgan fingerprint density at radius 1 is 1.06 bits per heavy atom. The predicted molar refractivity (Wildman–Crippen MR) is 126 cm³/mol. The smallest absolute Gasteiger partial charge is 0.277 e. The van der Waals surface area contributed by atoms with E-state index in [1.165, 1.54) is 28.2 Å². The van der Waals surface area contributed by atoms with Gasteiger partial charge in [0, 0.05) is 18.8 Å². The standard InChI is InChI=1S/C24H21FN4O3S/c1-13-14(2)28-29(4)24(31)20(13)23-26-15(3)21(33-23)22(30)27-17-8-10-18(11-9-17)32-19-7-5-6-16(25)12-19/h5-12H,1-4H3,(H,27,30). The first kappa shape index (κ1) is 22.3. The van der Waals surface area contributed by atoms with Gasteiger partial charge in [0.1, 0.15) is 27.2 Å². The lowest BCUT2D eigenvalue weighted by atomic mass is 10.1. The molecule has 1 N–H and O–H groups in total. The van der Waals surface area contributed by atoms with Crippen molar-refractivity contribution in [2.75, 3.05) is 5.32 Å². The van der Waals surface area contributed by atoms with Crippen LogP contribution in [0.3, 0.4) is 0 Å². The fourth-order valence-corrected chi connectivity index (χ4v) is 4.33. The number of halogens is 1. The average molecular weight is 465 g/mol. The van der Waals surface area contributed by atoms with Crippen molar-refractivity contribution in [1.82, 2.24) is 14.8 Å². The Morgan fingerprint density at radius 3 is 2.48 bits per heavy atom. The lowest BCUT2D eigenvalue weighted by Gasteiger charge is -2.08. The zero-order valence-electron chi connectivity index (χ0n) is 18.5. The minimum absolute atomic E-state index is 0.257. The first-order valence-corrected chi connectivity index (χ1v) is 10.9. The molecule has 0 aliphatic carbocycles. The second kappa shape index (κ2) is 8.95. The van der Waals surface area contributed by atoms with Crippen LogP contribution in [0, 0.1) is 26.6 Å². The van der Waals surface area contributed by atoms with Gasteiger partial charge in [0.2, 0.25) is 0 Å². The number of amides is 1. The normalized spacial score (nSPS) is 10.8. The molecule has 2 heterocycles. The van der Waals surface area contributed by atoms with E-state index >= 15 is 0 Å². The molecular formula is C24H21FN4O3S. The van der Waals surface area contributed by atoms with E-state index in [4.69, 9.17) is 4.74 Å². The molecule has 4 rings (SSSR count). The summed E-state index contributed by atoms with van der Waals surface area (Å²) in [6.45, 7) is 5.38. The van der Waals surface area contributed by atoms with Crippen LogP contribution in [0.2, 0.25) is 0 Å². The minimum atomic E-state index is -0.384. The quantitative estimate of drug-likeness (QED) is 0.449. The Morgan fingerprint density at radius 2 is 1.79 bits per heavy atom. The maximum atomic E-state index is 13.3. The van der Waals surface area contributed by atoms with Crippen molar-refractivity contribution in [2.45, 2.75) is 20.8 Å². The molecule has 0 bridgehead atoms. The number of rotatable bonds is 5. The third-order valence-electron chi connectivity index (χ3n) is 5.09. The molecule has 2 aromatic heterocycles. The number of carbonyl (C=O) groups excluding carboxylic acids is 1. The molecule has 0 spiro atoms. The summed E-state index contributed by atoms with van der Waals surface area (Å²) in [5.41, 5.74) is 2.77. The highest BCUT2D eigenvalue weighted by atomic mass is 32.1. The van der Waals surface area contributed by atoms with Gasteiger partial charge in [0.15, 0.2) is 0 Å². The van der Waals surface area contributed by atoms with Gasteiger partial charge < -0.3 is 10.1 Å². The molecule has 0 unspecified atom stereocenters. The van der Waals surface area contributed by atoms with Gasteiger partial charge in [0.05, 0.1) is 17.0 Å². The second-order valence-corrected chi connectivity index (χ2v) is 8.48. The molecule has 0 saturated heterocycles. The molecule has 7 nitrogen and oxygen atoms in total. The topological polar surface area (TPSA) is 86.1 Å². The largest absolute Gasteiger partial charge is 0.457 e. The van der Waals surface area contributed by atoms with Crippen LogP contribution >= 0.6 is 11.3 Å². The summed E-state index contributed by atoms with van der Waals surface area (Å²) in [7, 11) is 1.59. The van der Waals surface area contributed by atoms with Crippen LogP contribution in [0.5, 0.6) is 11.5 Å². The van der Waals surface area contributed by atoms with Gasteiger partial charge in [-0.1, -0.05) is 6.07 Å². The SMILES string of the molecule is Cc1nc(-c2c(C)c(C)nn(C)c2=O)sc1C(=O)Nc1ccc(Oc2cccc(F)c2)cc1. The van der Waals surface area contributed by atoms with E-state index in [1.807, 2.05) is 13.8 Å². The van der Waals surface area contributed by atoms with Crippen molar-refractivity contribution in [3.05, 3.63) is 86.5 Å². The zero-order valence-corrected chi connectivity index (χ0v) is 19.3. The maximum Gasteiger partial charge on any atom is 0.277 e. The fraction of sp³-hybridized carbons (Fsp3) is 0.167. The summed E-state index contributed by atoms with van der Waals surface area (Å²) in [4.78, 5) is 30.4. The molecule has 0 aliphatic rings. The molecule has 33 heavy (non-hydrogen) atoms. The number of anilines is 1. The van der Waals surface area contributed by atoms with Crippen LogP contribution in [0.25, 0.3) is 10.6 Å². The Labute approximate surface area is 193 Å². The summed E-state index contributed by atoms with van der Waals surface area (Å²) < 4.78 is 20.2. The lowest BCUT2D eigenvalue weighted by Crippen LogP contribution is -2.23. The average Bonchev–Trinajstić information content (AvgIpc) is 3.15. The molecule has 0 saturated carbocycles. The first-order valence-electron chi connectivity index (χ1n) is 10.1. The number of thiazole rings is 1. The Hall–Kier alpha value is -3.85. The van der Waals surface area contributed by atoms with E-state index in [0.29, 0.717) is 38.3 Å². The molecule has 0 atom stereocenters. The monoisotopic (exact) mass is 464 g/mol. The number of hydrogen-bond acceptors (Lipinski definition) is 6. The summed E-state index contributed by atoms with van der Waals surface area (Å²) in [6.07, 6.45) is 0. The van der Waals surface area contributed by atoms with Crippen molar-refractivity contribution in [3.8, 4) is 22.1 Å². The Balaban J connectivity index is 1.53. The fourth-order valence-electron chi connectivity index (χ4n) is 3.28. The third-order valence-corrected chi connectivity index (χ3v) is 6.26. The number of benzene rings is 2. The van der Waals surface area contributed by atoms with Gasteiger partial charge in [-0.25, -0.2) is 14.1 Å². The van der Waals surface area contributed by atoms with E-state index in [9.17, 15) is 14.0 Å². The van der Waals surface area contributed by atoms with Crippen LogP contribution in [-0.2, 0) is 7.05 Å². The molecule has 0 radical (unpaired) electrons. The van der Waals surface area contributed by atoms with E-state index in [0.717, 1.165) is 11.3 Å². The second-order valence-electron chi connectivity index (χ2n) is 7.49. The number of aryl methyl sites for hydroxylation is 3. The summed E-state index contributed by atoms with van der Waals surface area (Å²) in [5.74, 6) is 0.183. The zero-order chi connectivity index (χ0) is 23.7. The van der Waals surface area contributed by atoms with Crippen molar-refractivity contribution >= 4 is 22.9 Å². The van der Waals surface area contributed by atoms with Gasteiger partial charge in [-0.3, -0.25) is 9.59 Å². The predicted octanol–water partition coefficient (Wildman–Crippen LogP) is 5.01. The van der Waals surface area contributed by atoms with Crippen molar-refractivity contribution < 1.29 is 13.9 Å². The summed E-state index contributed by atoms with van der Waals surface area (Å²) >= 11 is 1.17. The van der Waals surface area contributed by atoms with E-state index in [1.54, 1.807) is 50.4 Å². The maximum absolute atomic E-state index is 13.3. The number of carbonyl (C=O) groups is 1. The van der Waals surface area contributed by atoms with Crippen molar-refractivity contribution in [3.63, 3.8) is 0 Å². The van der Waals surface area contributed by atoms with Crippen LogP contribution in [-0.4, -0.2) is 20.7 Å². The van der Waals surface area contributed by atoms with E-state index in [2.05, 4.69) is 15.4 Å². The van der Waals surface area contributed by atoms with Crippen LogP contribution in [0.1, 0.15) is 26.6 Å². The highest BCUT2D eigenvalue weighted by Gasteiger charge is 2.21. The lowest BCUT2D eigenvalue weighted by molar-refractivity contribution is 0.103. The van der Waals surface area contributed by atoms with Crippen molar-refractivity contribution in [2.24, 2.45) is 7.05 Å². The molecule has 168 valence electrons. The number of aromatic nitrogens is 3. The molecule has 1 amide bonds. The molecule has 0 aliphatic heterocycles. The molecule has 9 heteroatoms. The van der Waals surface area contributed by atoms with Gasteiger partial charge in [0.25, 0.3) is 11.5 Å². The number of hydrogen-bond donors (Lipinski definition) is 1. The Bertz CT molecular complexity index is 1410. The molecular weight excluding hydrogens is 443 g/mol. The van der Waals surface area contributed by atoms with Gasteiger partial charge in [-0.15, -0.1) is 11.3 Å². The molecule has 0 fully saturated rings. The molecule has 4 aromatic rings. The van der Waals surface area contributed by atoms with E-state index < -0.39 is 0 Å². The first-order chi connectivity index (χ1) is 15.7. The number of ether oxygens (including phenoxy) is 1. The van der Waals surface area contributed by atoms with E-state index in [-0.39, 0.29) is 17.3 Å². The number of nitrogens with one attached hydrogen (secondary N) is 1. The van der Waals surface area contributed by atoms with Gasteiger partial charge in [-0.05, 0) is 62.7 Å². The van der Waals surface area contributed by atoms with Crippen LogP contribution in [0.4, 0.5) is 10.1 Å². The highest BCUT2D eigenvalue weighted by Crippen LogP contribution is 2.30. The number of nitrogens with zero attached hydrogens (tertiary/aromatic N) is 3. The third kappa shape index (κ3) is 4.68. The van der Waals surface area contributed by atoms with Crippen LogP contribution < -0.4 is 15.6 Å². The van der Waals surface area contributed by atoms with Crippen LogP contribution in [0.15, 0.2) is 53.3 Å². The van der Waals surface area contributed by atoms with Crippen molar-refractivity contribution in [1.29, 1.82) is 0 Å². The summed E-state index contributed by atoms with van der Waals surface area (Å²) in [6, 6.07) is 12.6. The minimum Gasteiger partial charge on any atom is -0.457 e. The van der Waals surface area contributed by atoms with Gasteiger partial charge in [-0.2, -0.15) is 5.10 Å². The highest BCUT2D eigenvalue weighted by molar-refractivity contribution is 7.17. The van der Waals surface area contributed by atoms with Gasteiger partial charge >= 0.3 is 0 Å². The summed E-state index contributed by atoms with van der Waals surface area (Å²) in [5, 5.41) is 7.51. The Kier molecular flexibility index (Phi) is 6.06.